The Bertz CT molecular complexity index is 217. The lowest BCUT2D eigenvalue weighted by molar-refractivity contribution is 0.111. The highest BCUT2D eigenvalue weighted by Crippen LogP contribution is 2.18. The molecule has 0 atom stereocenters. The van der Waals surface area contributed by atoms with E-state index in [1.54, 1.807) is 0 Å². The minimum atomic E-state index is -0.102. The average molecular weight is 184 g/mol. The van der Waals surface area contributed by atoms with Crippen LogP contribution in [0.15, 0.2) is 5.10 Å². The number of guanidine groups is 1. The number of hydrogen-bond donors (Lipinski definition) is 4. The summed E-state index contributed by atoms with van der Waals surface area (Å²) < 4.78 is 0. The minimum Gasteiger partial charge on any atom is -0.367 e. The average Bonchev–Trinajstić information content (AvgIpc) is 2.16. The maximum absolute atomic E-state index is 5.46. The van der Waals surface area contributed by atoms with Gasteiger partial charge in [0.2, 0.25) is 5.96 Å². The van der Waals surface area contributed by atoms with Crippen LogP contribution in [0.1, 0.15) is 12.8 Å². The molecular formula is C7H16N6. The van der Waals surface area contributed by atoms with Crippen LogP contribution in [0.25, 0.3) is 0 Å². The Balaban J connectivity index is 1.99. The summed E-state index contributed by atoms with van der Waals surface area (Å²) >= 11 is 0. The van der Waals surface area contributed by atoms with Crippen LogP contribution in [-0.4, -0.2) is 36.7 Å². The van der Waals surface area contributed by atoms with Crippen LogP contribution in [0, 0.1) is 0 Å². The number of hydrogen-bond acceptors (Lipinski definition) is 6. The molecule has 13 heavy (non-hydrogen) atoms. The number of nitrogens with zero attached hydrogens (tertiary/aromatic N) is 2. The topological polar surface area (TPSA) is 77.7 Å². The monoisotopic (exact) mass is 184 g/mol. The summed E-state index contributed by atoms with van der Waals surface area (Å²) in [5.74, 6) is 0.393. The highest BCUT2D eigenvalue weighted by molar-refractivity contribution is 5.77. The van der Waals surface area contributed by atoms with Crippen molar-refractivity contribution in [2.24, 2.45) is 10.8 Å². The van der Waals surface area contributed by atoms with Crippen LogP contribution in [0.2, 0.25) is 0 Å². The number of hydrazone groups is 1. The molecule has 0 amide bonds. The van der Waals surface area contributed by atoms with Gasteiger partial charge in [-0.25, -0.2) is 5.43 Å². The molecule has 0 aromatic heterocycles. The molecule has 0 aromatic rings. The van der Waals surface area contributed by atoms with Crippen molar-refractivity contribution in [2.75, 3.05) is 20.1 Å². The van der Waals surface area contributed by atoms with Gasteiger partial charge in [-0.1, -0.05) is 0 Å². The third-order valence-corrected chi connectivity index (χ3v) is 2.66. The normalized spacial score (nSPS) is 27.6. The number of nitrogens with one attached hydrogen (secondary N) is 3. The number of nitrogens with two attached hydrogens (primary N) is 1. The second-order valence-corrected chi connectivity index (χ2v) is 3.74. The fourth-order valence-corrected chi connectivity index (χ4v) is 1.64. The standard InChI is InChI=1S/C7H16N6/c1-13-4-2-7(3-5-13)11-9-6(8)10-12-7/h11-12H,2-5H2,1H3,(H3,8,9,10). The van der Waals surface area contributed by atoms with Crippen molar-refractivity contribution in [3.63, 3.8) is 0 Å². The molecule has 0 aromatic carbocycles. The van der Waals surface area contributed by atoms with Gasteiger partial charge in [0.05, 0.1) is 0 Å². The highest BCUT2D eigenvalue weighted by Gasteiger charge is 2.35. The molecule has 1 saturated heterocycles. The van der Waals surface area contributed by atoms with Crippen LogP contribution >= 0.6 is 0 Å². The van der Waals surface area contributed by atoms with Gasteiger partial charge in [0.15, 0.2) is 0 Å². The minimum absolute atomic E-state index is 0.102. The molecule has 74 valence electrons. The Morgan fingerprint density at radius 2 is 2.15 bits per heavy atom. The predicted molar refractivity (Wildman–Crippen MR) is 50.5 cm³/mol. The van der Waals surface area contributed by atoms with Crippen molar-refractivity contribution >= 4 is 5.96 Å². The Morgan fingerprint density at radius 1 is 1.46 bits per heavy atom. The molecule has 0 unspecified atom stereocenters. The van der Waals surface area contributed by atoms with Gasteiger partial charge in [0.25, 0.3) is 0 Å². The molecule has 2 aliphatic heterocycles. The Morgan fingerprint density at radius 3 is 2.69 bits per heavy atom. The number of likely N-dealkylation sites (tertiary alicyclic amines) is 1. The Hall–Kier alpha value is -1.01. The van der Waals surface area contributed by atoms with Crippen LogP contribution in [0.3, 0.4) is 0 Å². The lowest BCUT2D eigenvalue weighted by atomic mass is 9.98. The zero-order chi connectivity index (χ0) is 9.31. The van der Waals surface area contributed by atoms with Gasteiger partial charge >= 0.3 is 0 Å². The largest absolute Gasteiger partial charge is 0.367 e. The summed E-state index contributed by atoms with van der Waals surface area (Å²) in [6.45, 7) is 2.13. The summed E-state index contributed by atoms with van der Waals surface area (Å²) in [6.07, 6.45) is 2.04. The highest BCUT2D eigenvalue weighted by atomic mass is 15.6. The molecule has 2 aliphatic rings. The van der Waals surface area contributed by atoms with Gasteiger partial charge in [-0.05, 0) is 19.9 Å². The second-order valence-electron chi connectivity index (χ2n) is 3.74. The quantitative estimate of drug-likeness (QED) is 0.362. The van der Waals surface area contributed by atoms with E-state index in [1.807, 2.05) is 0 Å². The predicted octanol–water partition coefficient (Wildman–Crippen LogP) is -1.66. The van der Waals surface area contributed by atoms with Gasteiger partial charge < -0.3 is 10.6 Å². The molecule has 0 saturated carbocycles. The van der Waals surface area contributed by atoms with Crippen molar-refractivity contribution in [3.8, 4) is 0 Å². The summed E-state index contributed by atoms with van der Waals surface area (Å²) in [5, 5.41) is 3.98. The zero-order valence-corrected chi connectivity index (χ0v) is 7.80. The first-order valence-corrected chi connectivity index (χ1v) is 4.52. The van der Waals surface area contributed by atoms with Crippen molar-refractivity contribution in [1.29, 1.82) is 0 Å². The van der Waals surface area contributed by atoms with E-state index in [2.05, 4.69) is 33.3 Å². The van der Waals surface area contributed by atoms with Crippen molar-refractivity contribution in [3.05, 3.63) is 0 Å². The molecule has 6 nitrogen and oxygen atoms in total. The fourth-order valence-electron chi connectivity index (χ4n) is 1.64. The van der Waals surface area contributed by atoms with Crippen molar-refractivity contribution in [1.82, 2.24) is 21.2 Å². The van der Waals surface area contributed by atoms with E-state index in [0.717, 1.165) is 25.9 Å². The van der Waals surface area contributed by atoms with Gasteiger partial charge in [-0.3, -0.25) is 10.9 Å². The molecule has 2 rings (SSSR count). The Kier molecular flexibility index (Phi) is 2.01. The van der Waals surface area contributed by atoms with Gasteiger partial charge in [-0.2, -0.15) is 0 Å². The number of piperidine rings is 1. The first-order chi connectivity index (χ1) is 6.20. The molecule has 6 heteroatoms. The van der Waals surface area contributed by atoms with E-state index in [-0.39, 0.29) is 5.66 Å². The van der Waals surface area contributed by atoms with E-state index >= 15 is 0 Å². The third kappa shape index (κ3) is 1.68. The van der Waals surface area contributed by atoms with Gasteiger partial charge in [0, 0.05) is 13.1 Å². The summed E-state index contributed by atoms with van der Waals surface area (Å²) in [5.41, 5.74) is 14.4. The first-order valence-electron chi connectivity index (χ1n) is 4.52. The molecule has 2 heterocycles. The van der Waals surface area contributed by atoms with Crippen LogP contribution in [0.5, 0.6) is 0 Å². The summed E-state index contributed by atoms with van der Waals surface area (Å²) in [4.78, 5) is 2.30. The number of rotatable bonds is 0. The van der Waals surface area contributed by atoms with E-state index < -0.39 is 0 Å². The molecule has 0 bridgehead atoms. The summed E-state index contributed by atoms with van der Waals surface area (Å²) in [7, 11) is 2.13. The lowest BCUT2D eigenvalue weighted by Crippen LogP contribution is -2.69. The SMILES string of the molecule is CN1CCC2(CC1)NN=C(N)NN2. The van der Waals surface area contributed by atoms with E-state index in [9.17, 15) is 0 Å². The van der Waals surface area contributed by atoms with E-state index in [4.69, 9.17) is 5.73 Å². The van der Waals surface area contributed by atoms with E-state index in [0.29, 0.717) is 5.96 Å². The molecular weight excluding hydrogens is 168 g/mol. The zero-order valence-electron chi connectivity index (χ0n) is 7.80. The van der Waals surface area contributed by atoms with E-state index in [1.165, 1.54) is 0 Å². The van der Waals surface area contributed by atoms with Crippen LogP contribution in [0.4, 0.5) is 0 Å². The molecule has 0 aliphatic carbocycles. The smallest absolute Gasteiger partial charge is 0.225 e. The van der Waals surface area contributed by atoms with Gasteiger partial charge in [-0.15, -0.1) is 5.10 Å². The van der Waals surface area contributed by atoms with Crippen LogP contribution < -0.4 is 22.0 Å². The van der Waals surface area contributed by atoms with Crippen molar-refractivity contribution in [2.45, 2.75) is 18.5 Å². The number of hydrazine groups is 1. The van der Waals surface area contributed by atoms with Gasteiger partial charge in [0.1, 0.15) is 5.66 Å². The maximum atomic E-state index is 5.46. The molecule has 5 N–H and O–H groups in total. The second kappa shape index (κ2) is 3.04. The Labute approximate surface area is 77.5 Å². The lowest BCUT2D eigenvalue weighted by Gasteiger charge is -2.42. The molecule has 0 radical (unpaired) electrons. The van der Waals surface area contributed by atoms with Crippen molar-refractivity contribution < 1.29 is 0 Å². The fraction of sp³-hybridized carbons (Fsp3) is 0.857. The molecule has 1 fully saturated rings. The summed E-state index contributed by atoms with van der Waals surface area (Å²) in [6, 6.07) is 0. The maximum Gasteiger partial charge on any atom is 0.225 e. The third-order valence-electron chi connectivity index (χ3n) is 2.66. The molecule has 1 spiro atoms. The first kappa shape index (κ1) is 8.58. The van der Waals surface area contributed by atoms with Crippen LogP contribution in [-0.2, 0) is 0 Å².